The van der Waals surface area contributed by atoms with E-state index in [0.29, 0.717) is 51.6 Å². The minimum absolute atomic E-state index is 0.229. The predicted molar refractivity (Wildman–Crippen MR) is 225 cm³/mol. The Morgan fingerprint density at radius 2 is 0.443 bits per heavy atom. The molecule has 9 rings (SSSR count). The lowest BCUT2D eigenvalue weighted by atomic mass is 9.85. The molecule has 296 valence electrons. The van der Waals surface area contributed by atoms with Crippen LogP contribution in [0.4, 0.5) is 17.1 Å². The number of imide groups is 3. The van der Waals surface area contributed by atoms with Crippen molar-refractivity contribution in [1.29, 1.82) is 0 Å². The fourth-order valence-electron chi connectivity index (χ4n) is 7.12. The number of carbonyl (C=O) groups is 6. The Labute approximate surface area is 348 Å². The van der Waals surface area contributed by atoms with Crippen molar-refractivity contribution >= 4 is 52.5 Å². The molecular formula is C49H31N3O9. The summed E-state index contributed by atoms with van der Waals surface area (Å²) in [5, 5.41) is 0. The molecule has 12 nitrogen and oxygen atoms in total. The quantitative estimate of drug-likeness (QED) is 0.0880. The summed E-state index contributed by atoms with van der Waals surface area (Å²) in [7, 11) is 0. The number of amides is 6. The van der Waals surface area contributed by atoms with E-state index in [1.807, 2.05) is 72.8 Å². The monoisotopic (exact) mass is 805 g/mol. The second kappa shape index (κ2) is 16.0. The second-order valence-electron chi connectivity index (χ2n) is 14.0. The third-order valence-corrected chi connectivity index (χ3v) is 10.1. The largest absolute Gasteiger partial charge is 0.457 e. The van der Waals surface area contributed by atoms with Crippen molar-refractivity contribution in [3.8, 4) is 34.5 Å². The van der Waals surface area contributed by atoms with Gasteiger partial charge in [0.15, 0.2) is 0 Å². The molecule has 0 unspecified atom stereocenters. The van der Waals surface area contributed by atoms with Gasteiger partial charge in [-0.2, -0.15) is 0 Å². The molecule has 0 aliphatic carbocycles. The average Bonchev–Trinajstić information content (AvgIpc) is 3.93. The van der Waals surface area contributed by atoms with Crippen molar-refractivity contribution in [3.63, 3.8) is 0 Å². The molecule has 6 amide bonds. The first-order chi connectivity index (χ1) is 29.7. The number of benzene rings is 6. The Morgan fingerprint density at radius 3 is 0.639 bits per heavy atom. The molecule has 0 fully saturated rings. The first-order valence-electron chi connectivity index (χ1n) is 19.0. The summed E-state index contributed by atoms with van der Waals surface area (Å²) in [4.78, 5) is 75.9. The van der Waals surface area contributed by atoms with E-state index in [0.717, 1.165) is 31.4 Å². The van der Waals surface area contributed by atoms with Crippen molar-refractivity contribution in [2.75, 3.05) is 14.7 Å². The van der Waals surface area contributed by atoms with Gasteiger partial charge in [-0.05, 0) is 126 Å². The van der Waals surface area contributed by atoms with Crippen LogP contribution < -0.4 is 28.9 Å². The van der Waals surface area contributed by atoms with Crippen LogP contribution in [-0.2, 0) is 28.8 Å². The molecule has 0 atom stereocenters. The van der Waals surface area contributed by atoms with Gasteiger partial charge in [0.05, 0.1) is 17.1 Å². The van der Waals surface area contributed by atoms with Crippen molar-refractivity contribution in [2.45, 2.75) is 5.92 Å². The molecule has 61 heavy (non-hydrogen) atoms. The summed E-state index contributed by atoms with van der Waals surface area (Å²) in [6.07, 6.45) is 7.42. The number of hydrogen-bond donors (Lipinski definition) is 0. The van der Waals surface area contributed by atoms with Gasteiger partial charge in [0.1, 0.15) is 34.5 Å². The molecular weight excluding hydrogens is 775 g/mol. The smallest absolute Gasteiger partial charge is 0.258 e. The van der Waals surface area contributed by atoms with Crippen LogP contribution >= 0.6 is 0 Å². The number of rotatable bonds is 12. The molecule has 0 bridgehead atoms. The van der Waals surface area contributed by atoms with Gasteiger partial charge in [-0.25, -0.2) is 14.7 Å². The van der Waals surface area contributed by atoms with E-state index in [-0.39, 0.29) is 5.92 Å². The summed E-state index contributed by atoms with van der Waals surface area (Å²) in [6, 6.07) is 43.2. The molecule has 0 aromatic heterocycles. The van der Waals surface area contributed by atoms with Crippen LogP contribution in [0.15, 0.2) is 182 Å². The Morgan fingerprint density at radius 1 is 0.262 bits per heavy atom. The molecule has 6 aromatic rings. The van der Waals surface area contributed by atoms with Gasteiger partial charge in [0.2, 0.25) is 0 Å². The lowest BCUT2D eigenvalue weighted by molar-refractivity contribution is -0.121. The summed E-state index contributed by atoms with van der Waals surface area (Å²) in [6.45, 7) is 0. The minimum atomic E-state index is -0.395. The molecule has 0 saturated carbocycles. The lowest BCUT2D eigenvalue weighted by Crippen LogP contribution is -2.29. The second-order valence-corrected chi connectivity index (χ2v) is 14.0. The highest BCUT2D eigenvalue weighted by molar-refractivity contribution is 6.29. The standard InChI is InChI=1S/C49H31N3O9/c53-43-25-26-44(54)50(43)34-7-19-40(20-8-34)59-37-13-1-31(2-14-37)49(32-3-15-38(16-4-32)60-41-21-9-35(10-22-41)51-45(55)27-28-46(51)56)33-5-17-39(18-6-33)61-42-23-11-36(12-24-42)52-47(57)29-30-48(52)58/h1-30,49H. The van der Waals surface area contributed by atoms with E-state index in [4.69, 9.17) is 14.2 Å². The maximum atomic E-state index is 12.1. The number of ether oxygens (including phenoxy) is 3. The van der Waals surface area contributed by atoms with Crippen LogP contribution in [0.1, 0.15) is 22.6 Å². The first-order valence-corrected chi connectivity index (χ1v) is 19.0. The Balaban J connectivity index is 0.937. The minimum Gasteiger partial charge on any atom is -0.457 e. The van der Waals surface area contributed by atoms with Crippen LogP contribution in [0.3, 0.4) is 0 Å². The van der Waals surface area contributed by atoms with E-state index in [9.17, 15) is 28.8 Å². The van der Waals surface area contributed by atoms with Gasteiger partial charge in [0, 0.05) is 42.4 Å². The van der Waals surface area contributed by atoms with Crippen LogP contribution in [-0.4, -0.2) is 35.4 Å². The molecule has 12 heteroatoms. The van der Waals surface area contributed by atoms with E-state index in [2.05, 4.69) is 0 Å². The molecule has 0 saturated heterocycles. The van der Waals surface area contributed by atoms with Gasteiger partial charge in [0.25, 0.3) is 35.4 Å². The third kappa shape index (κ3) is 7.84. The van der Waals surface area contributed by atoms with Gasteiger partial charge in [-0.3, -0.25) is 28.8 Å². The van der Waals surface area contributed by atoms with E-state index < -0.39 is 35.4 Å². The SMILES string of the molecule is O=C1C=CC(=O)N1c1ccc(Oc2ccc(C(c3ccc(Oc4ccc(N5C(=O)C=CC5=O)cc4)cc3)c3ccc(Oc4ccc(N5C(=O)C=CC5=O)cc4)cc3)cc2)cc1. The van der Waals surface area contributed by atoms with Crippen molar-refractivity contribution in [2.24, 2.45) is 0 Å². The van der Waals surface area contributed by atoms with Crippen molar-refractivity contribution < 1.29 is 43.0 Å². The van der Waals surface area contributed by atoms with Crippen LogP contribution in [0.5, 0.6) is 34.5 Å². The van der Waals surface area contributed by atoms with Crippen LogP contribution in [0, 0.1) is 0 Å². The van der Waals surface area contributed by atoms with Gasteiger partial charge < -0.3 is 14.2 Å². The summed E-state index contributed by atoms with van der Waals surface area (Å²) in [5.41, 5.74) is 4.25. The van der Waals surface area contributed by atoms with Crippen LogP contribution in [0.2, 0.25) is 0 Å². The van der Waals surface area contributed by atoms with Crippen molar-refractivity contribution in [1.82, 2.24) is 0 Å². The van der Waals surface area contributed by atoms with E-state index in [1.165, 1.54) is 36.5 Å². The van der Waals surface area contributed by atoms with E-state index in [1.54, 1.807) is 72.8 Å². The zero-order valence-corrected chi connectivity index (χ0v) is 31.9. The fraction of sp³-hybridized carbons (Fsp3) is 0.0204. The Bertz CT molecular complexity index is 2450. The molecule has 3 heterocycles. The van der Waals surface area contributed by atoms with Gasteiger partial charge in [-0.1, -0.05) is 36.4 Å². The average molecular weight is 806 g/mol. The predicted octanol–water partition coefficient (Wildman–Crippen LogP) is 8.53. The molecule has 3 aliphatic rings. The number of carbonyl (C=O) groups excluding carboxylic acids is 6. The van der Waals surface area contributed by atoms with Gasteiger partial charge in [-0.15, -0.1) is 0 Å². The zero-order valence-electron chi connectivity index (χ0n) is 31.9. The highest BCUT2D eigenvalue weighted by atomic mass is 16.5. The summed E-state index contributed by atoms with van der Waals surface area (Å²) >= 11 is 0. The Kier molecular flexibility index (Phi) is 9.91. The van der Waals surface area contributed by atoms with Crippen LogP contribution in [0.25, 0.3) is 0 Å². The molecule has 6 aromatic carbocycles. The maximum Gasteiger partial charge on any atom is 0.258 e. The maximum absolute atomic E-state index is 12.1. The number of hydrogen-bond acceptors (Lipinski definition) is 9. The third-order valence-electron chi connectivity index (χ3n) is 10.1. The topological polar surface area (TPSA) is 140 Å². The van der Waals surface area contributed by atoms with Gasteiger partial charge >= 0.3 is 0 Å². The lowest BCUT2D eigenvalue weighted by Gasteiger charge is -2.20. The number of nitrogens with zero attached hydrogens (tertiary/aromatic N) is 3. The normalized spacial score (nSPS) is 14.6. The summed E-state index contributed by atoms with van der Waals surface area (Å²) < 4.78 is 18.4. The fourth-order valence-corrected chi connectivity index (χ4v) is 7.12. The van der Waals surface area contributed by atoms with Crippen molar-refractivity contribution in [3.05, 3.63) is 199 Å². The Hall–Kier alpha value is -8.64. The molecule has 0 spiro atoms. The number of anilines is 3. The molecule has 0 radical (unpaired) electrons. The zero-order chi connectivity index (χ0) is 42.0. The summed E-state index contributed by atoms with van der Waals surface area (Å²) in [5.74, 6) is 0.732. The van der Waals surface area contributed by atoms with E-state index >= 15 is 0 Å². The molecule has 3 aliphatic heterocycles. The molecule has 0 N–H and O–H groups in total. The highest BCUT2D eigenvalue weighted by Gasteiger charge is 2.27. The first kappa shape index (κ1) is 37.9. The highest BCUT2D eigenvalue weighted by Crippen LogP contribution is 2.37.